The van der Waals surface area contributed by atoms with Gasteiger partial charge in [-0.1, -0.05) is 75.7 Å². The van der Waals surface area contributed by atoms with Gasteiger partial charge in [-0.25, -0.2) is 0 Å². The highest BCUT2D eigenvalue weighted by Crippen LogP contribution is 2.47. The lowest BCUT2D eigenvalue weighted by Gasteiger charge is -2.43. The molecule has 1 aliphatic heterocycles. The maximum absolute atomic E-state index is 14.2. The predicted molar refractivity (Wildman–Crippen MR) is 174 cm³/mol. The topological polar surface area (TPSA) is 48.0 Å². The molecule has 2 aromatic carbocycles. The average Bonchev–Trinajstić information content (AvgIpc) is 3.05. The monoisotopic (exact) mass is 647 g/mol. The van der Waals surface area contributed by atoms with Crippen molar-refractivity contribution in [3.05, 3.63) is 63.6 Å². The molecule has 1 heterocycles. The summed E-state index contributed by atoms with van der Waals surface area (Å²) in [4.78, 5) is 16.2. The average molecular weight is 649 g/mol. The third-order valence-corrected chi connectivity index (χ3v) is 19.1. The highest BCUT2D eigenvalue weighted by molar-refractivity contribution is 9.10. The molecular formula is C32H50BrNO4Si2. The van der Waals surface area contributed by atoms with E-state index in [4.69, 9.17) is 13.6 Å². The van der Waals surface area contributed by atoms with Crippen LogP contribution in [0.1, 0.15) is 75.9 Å². The number of carbonyl (C=O) groups is 1. The molecular weight excluding hydrogens is 598 g/mol. The van der Waals surface area contributed by atoms with E-state index < -0.39 is 22.2 Å². The number of carbonyl (C=O) groups excluding carboxylic acids is 1. The molecule has 0 radical (unpaired) electrons. The fourth-order valence-electron chi connectivity index (χ4n) is 4.81. The second kappa shape index (κ2) is 12.0. The van der Waals surface area contributed by atoms with E-state index in [2.05, 4.69) is 107 Å². The number of hydrogen-bond acceptors (Lipinski definition) is 4. The van der Waals surface area contributed by atoms with Crippen LogP contribution in [0.25, 0.3) is 0 Å². The minimum atomic E-state index is -1.97. The van der Waals surface area contributed by atoms with Gasteiger partial charge in [-0.05, 0) is 84.5 Å². The smallest absolute Gasteiger partial charge is 0.255 e. The molecule has 0 fully saturated rings. The van der Waals surface area contributed by atoms with Crippen molar-refractivity contribution in [3.63, 3.8) is 0 Å². The van der Waals surface area contributed by atoms with Crippen LogP contribution in [-0.4, -0.2) is 47.8 Å². The van der Waals surface area contributed by atoms with Gasteiger partial charge >= 0.3 is 0 Å². The lowest BCUT2D eigenvalue weighted by atomic mass is 9.83. The van der Waals surface area contributed by atoms with Crippen LogP contribution in [0.3, 0.4) is 0 Å². The lowest BCUT2D eigenvalue weighted by molar-refractivity contribution is 0.0343. The Labute approximate surface area is 253 Å². The van der Waals surface area contributed by atoms with Gasteiger partial charge < -0.3 is 18.5 Å². The molecule has 1 aliphatic rings. The Morgan fingerprint density at radius 2 is 1.40 bits per heavy atom. The Morgan fingerprint density at radius 1 is 0.850 bits per heavy atom. The van der Waals surface area contributed by atoms with E-state index in [0.717, 1.165) is 26.9 Å². The first-order chi connectivity index (χ1) is 18.3. The van der Waals surface area contributed by atoms with Crippen LogP contribution in [-0.2, 0) is 20.9 Å². The molecule has 0 atom stereocenters. The van der Waals surface area contributed by atoms with E-state index in [1.165, 1.54) is 0 Å². The van der Waals surface area contributed by atoms with Crippen molar-refractivity contribution < 1.29 is 18.4 Å². The summed E-state index contributed by atoms with van der Waals surface area (Å²) in [5, 5.41) is 0.223. The molecule has 0 aliphatic carbocycles. The summed E-state index contributed by atoms with van der Waals surface area (Å²) >= 11 is 3.61. The summed E-state index contributed by atoms with van der Waals surface area (Å²) in [5.74, 6) is 0.844. The maximum Gasteiger partial charge on any atom is 0.255 e. The fraction of sp³-hybridized carbons (Fsp3) is 0.594. The molecule has 5 nitrogen and oxygen atoms in total. The first-order valence-corrected chi connectivity index (χ1v) is 21.0. The van der Waals surface area contributed by atoms with Crippen LogP contribution >= 0.6 is 15.9 Å². The maximum atomic E-state index is 14.2. The number of fused-ring (bicyclic) bond motifs is 1. The molecule has 1 amide bonds. The Kier molecular flexibility index (Phi) is 9.94. The van der Waals surface area contributed by atoms with Gasteiger partial charge in [0.15, 0.2) is 16.6 Å². The minimum Gasteiger partial charge on any atom is -0.497 e. The standard InChI is InChI=1S/C32H50BrNO4Si2/c1-30(2,3)39(8,9)37-19-17-32(18-20-38-40(10,11)31(4,5)6)28-16-15-25(33)22-27(28)29(35)34(32)23-24-13-12-14-26(21-24)36-7/h12-16,21-22H,17-20,23H2,1-11H3. The molecule has 2 aromatic rings. The SMILES string of the molecule is COc1cccc(CN2C(=O)c3cc(Br)ccc3C2(CCO[Si](C)(C)C(C)(C)C)CCO[Si](C)(C)C(C)(C)C)c1. The molecule has 0 aromatic heterocycles. The van der Waals surface area contributed by atoms with Crippen molar-refractivity contribution in [1.29, 1.82) is 0 Å². The number of benzene rings is 2. The molecule has 0 saturated carbocycles. The zero-order valence-electron chi connectivity index (χ0n) is 26.5. The molecule has 0 spiro atoms. The molecule has 40 heavy (non-hydrogen) atoms. The number of ether oxygens (including phenoxy) is 1. The summed E-state index contributed by atoms with van der Waals surface area (Å²) in [5.41, 5.74) is 2.33. The Hall–Kier alpha value is -1.46. The third-order valence-electron chi connectivity index (χ3n) is 9.52. The Morgan fingerprint density at radius 3 is 1.90 bits per heavy atom. The first-order valence-electron chi connectivity index (χ1n) is 14.4. The quantitative estimate of drug-likeness (QED) is 0.228. The van der Waals surface area contributed by atoms with Crippen LogP contribution in [0.5, 0.6) is 5.75 Å². The summed E-state index contributed by atoms with van der Waals surface area (Å²) in [6, 6.07) is 14.2. The summed E-state index contributed by atoms with van der Waals surface area (Å²) in [6.07, 6.45) is 1.43. The van der Waals surface area contributed by atoms with Gasteiger partial charge in [0.25, 0.3) is 5.91 Å². The van der Waals surface area contributed by atoms with Crippen molar-refractivity contribution in [2.75, 3.05) is 20.3 Å². The van der Waals surface area contributed by atoms with Gasteiger partial charge in [-0.15, -0.1) is 0 Å². The van der Waals surface area contributed by atoms with E-state index in [9.17, 15) is 4.79 Å². The van der Waals surface area contributed by atoms with Gasteiger partial charge in [-0.3, -0.25) is 4.79 Å². The molecule has 0 unspecified atom stereocenters. The van der Waals surface area contributed by atoms with Crippen LogP contribution in [0.2, 0.25) is 36.3 Å². The number of nitrogens with zero attached hydrogens (tertiary/aromatic N) is 1. The molecule has 3 rings (SSSR count). The predicted octanol–water partition coefficient (Wildman–Crippen LogP) is 9.13. The van der Waals surface area contributed by atoms with Gasteiger partial charge in [0.05, 0.1) is 12.6 Å². The molecule has 0 bridgehead atoms. The molecule has 222 valence electrons. The van der Waals surface area contributed by atoms with E-state index in [1.54, 1.807) is 7.11 Å². The number of rotatable bonds is 11. The Bertz CT molecular complexity index is 1170. The zero-order valence-corrected chi connectivity index (χ0v) is 30.1. The van der Waals surface area contributed by atoms with Crippen molar-refractivity contribution in [2.45, 2.75) is 103 Å². The number of halogens is 1. The minimum absolute atomic E-state index is 0.0544. The second-order valence-electron chi connectivity index (χ2n) is 14.2. The highest BCUT2D eigenvalue weighted by Gasteiger charge is 2.50. The number of methoxy groups -OCH3 is 1. The lowest BCUT2D eigenvalue weighted by Crippen LogP contribution is -2.48. The number of amides is 1. The van der Waals surface area contributed by atoms with Gasteiger partial charge in [0, 0.05) is 29.8 Å². The number of hydrogen-bond donors (Lipinski definition) is 0. The van der Waals surface area contributed by atoms with Crippen LogP contribution in [0.4, 0.5) is 0 Å². The van der Waals surface area contributed by atoms with Gasteiger partial charge in [-0.2, -0.15) is 0 Å². The molecule has 0 saturated heterocycles. The second-order valence-corrected chi connectivity index (χ2v) is 24.7. The molecule has 8 heteroatoms. The van der Waals surface area contributed by atoms with E-state index in [1.807, 2.05) is 24.3 Å². The van der Waals surface area contributed by atoms with E-state index >= 15 is 0 Å². The molecule has 0 N–H and O–H groups in total. The van der Waals surface area contributed by atoms with Crippen molar-refractivity contribution in [1.82, 2.24) is 4.90 Å². The van der Waals surface area contributed by atoms with Crippen molar-refractivity contribution >= 4 is 38.5 Å². The van der Waals surface area contributed by atoms with Crippen molar-refractivity contribution in [2.24, 2.45) is 0 Å². The largest absolute Gasteiger partial charge is 0.497 e. The van der Waals surface area contributed by atoms with Gasteiger partial charge in [0.2, 0.25) is 0 Å². The summed E-state index contributed by atoms with van der Waals surface area (Å²) in [7, 11) is -2.27. The van der Waals surface area contributed by atoms with Gasteiger partial charge in [0.1, 0.15) is 5.75 Å². The summed E-state index contributed by atoms with van der Waals surface area (Å²) in [6.45, 7) is 24.4. The first kappa shape index (κ1) is 33.1. The van der Waals surface area contributed by atoms with E-state index in [0.29, 0.717) is 32.6 Å². The zero-order chi connectivity index (χ0) is 30.1. The normalized spacial score (nSPS) is 15.9. The van der Waals surface area contributed by atoms with Crippen LogP contribution < -0.4 is 4.74 Å². The van der Waals surface area contributed by atoms with Crippen LogP contribution in [0.15, 0.2) is 46.9 Å². The fourth-order valence-corrected chi connectivity index (χ4v) is 7.26. The van der Waals surface area contributed by atoms with Crippen molar-refractivity contribution in [3.8, 4) is 5.75 Å². The van der Waals surface area contributed by atoms with E-state index in [-0.39, 0.29) is 16.0 Å². The van der Waals surface area contributed by atoms with Crippen LogP contribution in [0, 0.1) is 0 Å². The Balaban J connectivity index is 2.06. The highest BCUT2D eigenvalue weighted by atomic mass is 79.9. The third kappa shape index (κ3) is 6.94. The summed E-state index contributed by atoms with van der Waals surface area (Å²) < 4.78 is 19.9.